The van der Waals surface area contributed by atoms with Gasteiger partial charge in [0.25, 0.3) is 0 Å². The molecule has 0 heterocycles. The van der Waals surface area contributed by atoms with Crippen molar-refractivity contribution >= 4 is 11.9 Å². The van der Waals surface area contributed by atoms with Crippen LogP contribution in [0.15, 0.2) is 12.5 Å². The summed E-state index contributed by atoms with van der Waals surface area (Å²) in [5, 5.41) is 0. The van der Waals surface area contributed by atoms with E-state index in [0.29, 0.717) is 48.7 Å². The van der Waals surface area contributed by atoms with Crippen molar-refractivity contribution in [2.24, 2.45) is 59.2 Å². The summed E-state index contributed by atoms with van der Waals surface area (Å²) in [5.41, 5.74) is 0. The molecule has 0 saturated heterocycles. The molecule has 4 fully saturated rings. The van der Waals surface area contributed by atoms with Crippen LogP contribution in [0.25, 0.3) is 0 Å². The van der Waals surface area contributed by atoms with Crippen molar-refractivity contribution in [1.82, 2.24) is 0 Å². The Hall–Kier alpha value is -1.60. The van der Waals surface area contributed by atoms with Gasteiger partial charge in [-0.2, -0.15) is 4.89 Å². The van der Waals surface area contributed by atoms with Crippen LogP contribution in [-0.4, -0.2) is 31.9 Å². The third-order valence-electron chi connectivity index (χ3n) is 8.52. The van der Waals surface area contributed by atoms with Crippen LogP contribution < -0.4 is 0 Å². The summed E-state index contributed by atoms with van der Waals surface area (Å²) in [6.45, 7) is 12.6. The van der Waals surface area contributed by atoms with E-state index in [-0.39, 0.29) is 30.5 Å². The number of hydrogen-bond donors (Lipinski definition) is 0. The first kappa shape index (κ1) is 21.6. The molecule has 0 spiro atoms. The Morgan fingerprint density at radius 2 is 1.43 bits per heavy atom. The second-order valence-corrected chi connectivity index (χ2v) is 9.41. The van der Waals surface area contributed by atoms with Gasteiger partial charge in [-0.15, -0.1) is 0 Å². The summed E-state index contributed by atoms with van der Waals surface area (Å²) in [6.07, 6.45) is 2.10. The quantitative estimate of drug-likeness (QED) is 0.107. The Kier molecular flexibility index (Phi) is 6.13. The molecule has 0 radical (unpaired) electrons. The van der Waals surface area contributed by atoms with Gasteiger partial charge in [-0.05, 0) is 80.6 Å². The fourth-order valence-corrected chi connectivity index (χ4v) is 7.49. The highest BCUT2D eigenvalue weighted by Crippen LogP contribution is 2.72. The number of rotatable bonds is 9. The van der Waals surface area contributed by atoms with Crippen molar-refractivity contribution in [1.29, 1.82) is 0 Å². The van der Waals surface area contributed by atoms with E-state index >= 15 is 0 Å². The van der Waals surface area contributed by atoms with E-state index in [4.69, 9.17) is 24.0 Å². The van der Waals surface area contributed by atoms with Gasteiger partial charge in [0.1, 0.15) is 0 Å². The van der Waals surface area contributed by atoms with E-state index in [1.165, 1.54) is 6.42 Å². The lowest BCUT2D eigenvalue weighted by molar-refractivity contribution is -0.286. The summed E-state index contributed by atoms with van der Waals surface area (Å²) in [6, 6.07) is 0. The van der Waals surface area contributed by atoms with Crippen LogP contribution >= 0.6 is 0 Å². The van der Waals surface area contributed by atoms with E-state index in [1.54, 1.807) is 6.92 Å². The molecular formula is C23H34O7. The largest absolute Gasteiger partial charge is 0.438 e. The smallest absolute Gasteiger partial charge is 0.317 e. The third kappa shape index (κ3) is 3.34. The number of esters is 2. The van der Waals surface area contributed by atoms with Crippen LogP contribution in [0, 0.1) is 59.2 Å². The van der Waals surface area contributed by atoms with Crippen molar-refractivity contribution < 1.29 is 33.6 Å². The molecule has 0 aliphatic heterocycles. The number of hydrogen-bond acceptors (Lipinski definition) is 7. The lowest BCUT2D eigenvalue weighted by atomic mass is 9.59. The van der Waals surface area contributed by atoms with Crippen LogP contribution in [0.4, 0.5) is 0 Å². The predicted molar refractivity (Wildman–Crippen MR) is 106 cm³/mol. The summed E-state index contributed by atoms with van der Waals surface area (Å²) >= 11 is 0. The molecule has 0 amide bonds. The monoisotopic (exact) mass is 422 g/mol. The molecule has 10 atom stereocenters. The van der Waals surface area contributed by atoms with Crippen LogP contribution in [0.2, 0.25) is 0 Å². The van der Waals surface area contributed by atoms with Crippen LogP contribution in [-0.2, 0) is 33.6 Å². The van der Waals surface area contributed by atoms with E-state index in [9.17, 15) is 9.59 Å². The van der Waals surface area contributed by atoms with Crippen LogP contribution in [0.3, 0.4) is 0 Å². The van der Waals surface area contributed by atoms with Gasteiger partial charge in [-0.1, -0.05) is 13.8 Å². The molecular weight excluding hydrogens is 388 g/mol. The number of fused-ring (bicyclic) bond motifs is 9. The fraction of sp³-hybridized carbons (Fsp3) is 0.826. The molecule has 0 aromatic heterocycles. The van der Waals surface area contributed by atoms with Gasteiger partial charge >= 0.3 is 17.9 Å². The second kappa shape index (κ2) is 8.50. The first-order chi connectivity index (χ1) is 14.4. The third-order valence-corrected chi connectivity index (χ3v) is 8.52. The Morgan fingerprint density at radius 1 is 0.867 bits per heavy atom. The average molecular weight is 423 g/mol. The van der Waals surface area contributed by atoms with Crippen molar-refractivity contribution in [2.45, 2.75) is 40.5 Å². The van der Waals surface area contributed by atoms with E-state index < -0.39 is 17.8 Å². The molecule has 30 heavy (non-hydrogen) atoms. The van der Waals surface area contributed by atoms with Crippen molar-refractivity contribution in [3.63, 3.8) is 0 Å². The highest BCUT2D eigenvalue weighted by Gasteiger charge is 2.71. The van der Waals surface area contributed by atoms with E-state index in [0.717, 1.165) is 6.42 Å². The van der Waals surface area contributed by atoms with Gasteiger partial charge in [-0.25, -0.2) is 0 Å². The maximum absolute atomic E-state index is 13.1. The van der Waals surface area contributed by atoms with Crippen molar-refractivity contribution in [3.05, 3.63) is 12.5 Å². The molecule has 4 saturated carbocycles. The lowest BCUT2D eigenvalue weighted by Crippen LogP contribution is -2.47. The van der Waals surface area contributed by atoms with Gasteiger partial charge in [0.15, 0.2) is 6.79 Å². The van der Waals surface area contributed by atoms with Crippen molar-refractivity contribution in [3.8, 4) is 0 Å². The maximum atomic E-state index is 13.1. The molecule has 0 aromatic carbocycles. The first-order valence-electron chi connectivity index (χ1n) is 11.3. The standard InChI is InChI=1S/C23H34O7/c1-6-26-10-27-22(24)20-16-9-17(21(20)23(25)29-13(5)30-28-7-2)19-15-8-14(18(16)19)11(3)12(15)4/h11-12,14-21H,5-10H2,1-4H3. The Morgan fingerprint density at radius 3 is 2.00 bits per heavy atom. The molecule has 4 aliphatic rings. The average Bonchev–Trinajstić information content (AvgIpc) is 3.45. The SMILES string of the molecule is C=C(OOCC)OC(=O)C1C2CC(C1C(=O)OCOCC)C1C3CC(C(C)C3C)C21. The van der Waals surface area contributed by atoms with Gasteiger partial charge in [0.2, 0.25) is 0 Å². The Labute approximate surface area is 178 Å². The number of carbonyl (C=O) groups excluding carboxylic acids is 2. The highest BCUT2D eigenvalue weighted by atomic mass is 17.2. The van der Waals surface area contributed by atoms with E-state index in [1.807, 2.05) is 6.92 Å². The van der Waals surface area contributed by atoms with Crippen LogP contribution in [0.5, 0.6) is 0 Å². The summed E-state index contributed by atoms with van der Waals surface area (Å²) in [4.78, 5) is 35.9. The maximum Gasteiger partial charge on any atom is 0.317 e. The molecule has 168 valence electrons. The first-order valence-corrected chi connectivity index (χ1v) is 11.3. The zero-order valence-electron chi connectivity index (χ0n) is 18.4. The fourth-order valence-electron chi connectivity index (χ4n) is 7.49. The Bertz CT molecular complexity index is 691. The molecule has 0 N–H and O–H groups in total. The Balaban J connectivity index is 1.55. The molecule has 4 aliphatic carbocycles. The summed E-state index contributed by atoms with van der Waals surface area (Å²) in [7, 11) is 0. The summed E-state index contributed by atoms with van der Waals surface area (Å²) < 4.78 is 16.0. The molecule has 10 unspecified atom stereocenters. The zero-order chi connectivity index (χ0) is 21.6. The van der Waals surface area contributed by atoms with Gasteiger partial charge in [-0.3, -0.25) is 14.5 Å². The summed E-state index contributed by atoms with van der Waals surface area (Å²) in [5.74, 6) is 1.85. The number of carbonyl (C=O) groups is 2. The zero-order valence-corrected chi connectivity index (χ0v) is 18.4. The molecule has 7 heteroatoms. The van der Waals surface area contributed by atoms with Crippen molar-refractivity contribution in [2.75, 3.05) is 20.0 Å². The minimum Gasteiger partial charge on any atom is -0.438 e. The number of ether oxygens (including phenoxy) is 3. The topological polar surface area (TPSA) is 80.3 Å². The molecule has 0 aromatic rings. The molecule has 7 nitrogen and oxygen atoms in total. The predicted octanol–water partition coefficient (Wildman–Crippen LogP) is 3.54. The lowest BCUT2D eigenvalue weighted by Gasteiger charge is -2.45. The second-order valence-electron chi connectivity index (χ2n) is 9.41. The normalized spacial score (nSPS) is 42.8. The minimum atomic E-state index is -0.533. The highest BCUT2D eigenvalue weighted by molar-refractivity contribution is 5.84. The van der Waals surface area contributed by atoms with Gasteiger partial charge < -0.3 is 14.2 Å². The molecule has 4 rings (SSSR count). The molecule has 4 bridgehead atoms. The van der Waals surface area contributed by atoms with E-state index in [2.05, 4.69) is 20.4 Å². The van der Waals surface area contributed by atoms with Gasteiger partial charge in [0, 0.05) is 6.61 Å². The minimum absolute atomic E-state index is 0.0846. The van der Waals surface area contributed by atoms with Crippen LogP contribution in [0.1, 0.15) is 40.5 Å². The van der Waals surface area contributed by atoms with Gasteiger partial charge in [0.05, 0.1) is 18.4 Å².